The quantitative estimate of drug-likeness (QED) is 0.661. The maximum atomic E-state index is 12.3. The predicted octanol–water partition coefficient (Wildman–Crippen LogP) is 3.00. The third-order valence-corrected chi connectivity index (χ3v) is 4.31. The lowest BCUT2D eigenvalue weighted by atomic mass is 9.86. The Labute approximate surface area is 136 Å². The van der Waals surface area contributed by atoms with Gasteiger partial charge in [-0.25, -0.2) is 0 Å². The number of hydrogen-bond donors (Lipinski definition) is 2. The van der Waals surface area contributed by atoms with Gasteiger partial charge in [0, 0.05) is 6.04 Å². The Morgan fingerprint density at radius 2 is 2.17 bits per heavy atom. The second-order valence-corrected chi connectivity index (χ2v) is 5.94. The van der Waals surface area contributed by atoms with Crippen molar-refractivity contribution in [1.82, 2.24) is 5.32 Å². The van der Waals surface area contributed by atoms with E-state index < -0.39 is 0 Å². The number of carbonyl (C=O) groups excluding carboxylic acids is 1. The average molecular weight is 314 g/mol. The topological polar surface area (TPSA) is 82.3 Å². The van der Waals surface area contributed by atoms with Gasteiger partial charge in [-0.2, -0.15) is 5.26 Å². The summed E-state index contributed by atoms with van der Waals surface area (Å²) in [6.07, 6.45) is 5.87. The van der Waals surface area contributed by atoms with Gasteiger partial charge in [0.15, 0.2) is 11.5 Å². The first-order valence-corrected chi connectivity index (χ1v) is 7.84. The molecule has 0 aliphatic heterocycles. The van der Waals surface area contributed by atoms with Crippen molar-refractivity contribution in [2.24, 2.45) is 5.92 Å². The number of phenolic OH excluding ortho intramolecular Hbond substituents is 1. The first kappa shape index (κ1) is 16.9. The fourth-order valence-corrected chi connectivity index (χ4v) is 2.88. The zero-order valence-electron chi connectivity index (χ0n) is 13.5. The molecule has 1 aromatic rings. The van der Waals surface area contributed by atoms with Crippen molar-refractivity contribution in [3.05, 3.63) is 29.3 Å². The van der Waals surface area contributed by atoms with Crippen LogP contribution in [0.1, 0.15) is 38.2 Å². The molecule has 0 spiro atoms. The highest BCUT2D eigenvalue weighted by molar-refractivity contribution is 6.01. The smallest absolute Gasteiger partial charge is 0.262 e. The van der Waals surface area contributed by atoms with Crippen molar-refractivity contribution in [3.8, 4) is 17.6 Å². The number of carbonyl (C=O) groups is 1. The fourth-order valence-electron chi connectivity index (χ4n) is 2.88. The zero-order chi connectivity index (χ0) is 16.8. The molecule has 5 nitrogen and oxygen atoms in total. The first-order chi connectivity index (χ1) is 11.0. The van der Waals surface area contributed by atoms with E-state index in [1.807, 2.05) is 6.07 Å². The van der Waals surface area contributed by atoms with Gasteiger partial charge in [-0.15, -0.1) is 0 Å². The molecule has 0 saturated heterocycles. The number of nitrogens with one attached hydrogen (secondary N) is 1. The Balaban J connectivity index is 2.15. The van der Waals surface area contributed by atoms with Gasteiger partial charge in [0.2, 0.25) is 0 Å². The van der Waals surface area contributed by atoms with Crippen LogP contribution in [0.5, 0.6) is 11.5 Å². The molecule has 2 rings (SSSR count). The van der Waals surface area contributed by atoms with Crippen LogP contribution in [0.4, 0.5) is 0 Å². The van der Waals surface area contributed by atoms with Crippen molar-refractivity contribution in [1.29, 1.82) is 5.26 Å². The van der Waals surface area contributed by atoms with Crippen LogP contribution >= 0.6 is 0 Å². The largest absolute Gasteiger partial charge is 0.504 e. The highest BCUT2D eigenvalue weighted by Gasteiger charge is 2.24. The van der Waals surface area contributed by atoms with E-state index in [1.165, 1.54) is 25.7 Å². The Kier molecular flexibility index (Phi) is 5.64. The normalized spacial score (nSPS) is 21.3. The highest BCUT2D eigenvalue weighted by Crippen LogP contribution is 2.27. The van der Waals surface area contributed by atoms with Crippen molar-refractivity contribution in [3.63, 3.8) is 0 Å². The molecule has 1 fully saturated rings. The van der Waals surface area contributed by atoms with Gasteiger partial charge in [0.05, 0.1) is 7.11 Å². The van der Waals surface area contributed by atoms with E-state index >= 15 is 0 Å². The van der Waals surface area contributed by atoms with Crippen LogP contribution in [0.3, 0.4) is 0 Å². The van der Waals surface area contributed by atoms with Gasteiger partial charge < -0.3 is 15.2 Å². The number of methoxy groups -OCH3 is 1. The average Bonchev–Trinajstić information content (AvgIpc) is 2.56. The molecule has 0 radical (unpaired) electrons. The van der Waals surface area contributed by atoms with Crippen molar-refractivity contribution in [2.45, 2.75) is 38.6 Å². The van der Waals surface area contributed by atoms with Crippen LogP contribution in [-0.4, -0.2) is 24.2 Å². The van der Waals surface area contributed by atoms with E-state index in [0.717, 1.165) is 19.3 Å². The van der Waals surface area contributed by atoms with Crippen LogP contribution in [0.25, 0.3) is 6.08 Å². The third-order valence-electron chi connectivity index (χ3n) is 4.31. The number of rotatable bonds is 4. The number of nitriles is 1. The van der Waals surface area contributed by atoms with Crippen LogP contribution < -0.4 is 10.1 Å². The molecule has 0 heterocycles. The standard InChI is InChI=1S/C18H22N2O3/c1-12-5-3-4-6-15(12)20-18(22)14(11-19)9-13-7-8-16(21)17(10-13)23-2/h7-10,12,15,21H,3-6H2,1-2H3,(H,20,22)/b14-9+/t12-,15+/m0/s1. The second kappa shape index (κ2) is 7.68. The summed E-state index contributed by atoms with van der Waals surface area (Å²) < 4.78 is 5.03. The number of amides is 1. The Bertz CT molecular complexity index is 646. The second-order valence-electron chi connectivity index (χ2n) is 5.94. The molecule has 1 amide bonds. The van der Waals surface area contributed by atoms with E-state index in [4.69, 9.17) is 4.74 Å². The van der Waals surface area contributed by atoms with Gasteiger partial charge in [-0.3, -0.25) is 4.79 Å². The van der Waals surface area contributed by atoms with Gasteiger partial charge in [-0.1, -0.05) is 25.8 Å². The SMILES string of the molecule is COc1cc(/C=C(\C#N)C(=O)N[C@@H]2CCCC[C@@H]2C)ccc1O. The van der Waals surface area contributed by atoms with E-state index in [-0.39, 0.29) is 23.3 Å². The minimum absolute atomic E-state index is 0.0173. The lowest BCUT2D eigenvalue weighted by Gasteiger charge is -2.29. The molecule has 122 valence electrons. The lowest BCUT2D eigenvalue weighted by molar-refractivity contribution is -0.118. The number of benzene rings is 1. The molecule has 2 atom stereocenters. The van der Waals surface area contributed by atoms with Gasteiger partial charge in [0.25, 0.3) is 5.91 Å². The molecule has 0 unspecified atom stereocenters. The lowest BCUT2D eigenvalue weighted by Crippen LogP contribution is -2.41. The Morgan fingerprint density at radius 1 is 1.43 bits per heavy atom. The Hall–Kier alpha value is -2.48. The van der Waals surface area contributed by atoms with Crippen LogP contribution in [0.2, 0.25) is 0 Å². The van der Waals surface area contributed by atoms with Gasteiger partial charge in [0.1, 0.15) is 11.6 Å². The summed E-state index contributed by atoms with van der Waals surface area (Å²) >= 11 is 0. The maximum Gasteiger partial charge on any atom is 0.262 e. The fraction of sp³-hybridized carbons (Fsp3) is 0.444. The summed E-state index contributed by atoms with van der Waals surface area (Å²) in [5.41, 5.74) is 0.679. The van der Waals surface area contributed by atoms with Crippen molar-refractivity contribution < 1.29 is 14.6 Å². The zero-order valence-corrected chi connectivity index (χ0v) is 13.5. The van der Waals surface area contributed by atoms with E-state index in [0.29, 0.717) is 17.2 Å². The summed E-state index contributed by atoms with van der Waals surface area (Å²) in [6.45, 7) is 2.13. The van der Waals surface area contributed by atoms with E-state index in [1.54, 1.807) is 12.1 Å². The molecule has 0 aromatic heterocycles. The summed E-state index contributed by atoms with van der Waals surface area (Å²) in [4.78, 5) is 12.3. The molecule has 5 heteroatoms. The molecular weight excluding hydrogens is 292 g/mol. The summed E-state index contributed by atoms with van der Waals surface area (Å²) in [6, 6.07) is 6.77. The summed E-state index contributed by atoms with van der Waals surface area (Å²) in [7, 11) is 1.45. The molecule has 1 saturated carbocycles. The minimum Gasteiger partial charge on any atom is -0.504 e. The van der Waals surface area contributed by atoms with Crippen molar-refractivity contribution >= 4 is 12.0 Å². The molecule has 1 aliphatic carbocycles. The molecular formula is C18H22N2O3. The summed E-state index contributed by atoms with van der Waals surface area (Å²) in [5, 5.41) is 21.8. The van der Waals surface area contributed by atoms with E-state index in [9.17, 15) is 15.2 Å². The maximum absolute atomic E-state index is 12.3. The molecule has 2 N–H and O–H groups in total. The molecule has 1 aromatic carbocycles. The first-order valence-electron chi connectivity index (χ1n) is 7.84. The number of nitrogens with zero attached hydrogens (tertiary/aromatic N) is 1. The van der Waals surface area contributed by atoms with Crippen molar-refractivity contribution in [2.75, 3.05) is 7.11 Å². The van der Waals surface area contributed by atoms with E-state index in [2.05, 4.69) is 12.2 Å². The number of phenols is 1. The number of hydrogen-bond acceptors (Lipinski definition) is 4. The van der Waals surface area contributed by atoms with Gasteiger partial charge in [-0.05, 0) is 42.5 Å². The van der Waals surface area contributed by atoms with Crippen LogP contribution in [0, 0.1) is 17.2 Å². The third kappa shape index (κ3) is 4.26. The predicted molar refractivity (Wildman–Crippen MR) is 87.8 cm³/mol. The number of ether oxygens (including phenoxy) is 1. The minimum atomic E-state index is -0.349. The molecule has 23 heavy (non-hydrogen) atoms. The highest BCUT2D eigenvalue weighted by atomic mass is 16.5. The van der Waals surface area contributed by atoms with Gasteiger partial charge >= 0.3 is 0 Å². The number of aromatic hydroxyl groups is 1. The van der Waals surface area contributed by atoms with Crippen LogP contribution in [0.15, 0.2) is 23.8 Å². The molecule has 1 aliphatic rings. The summed E-state index contributed by atoms with van der Waals surface area (Å²) in [5.74, 6) is 0.403. The van der Waals surface area contributed by atoms with Crippen LogP contribution in [-0.2, 0) is 4.79 Å². The monoisotopic (exact) mass is 314 g/mol. The molecule has 0 bridgehead atoms. The Morgan fingerprint density at radius 3 is 2.83 bits per heavy atom.